The molecule has 1 unspecified atom stereocenters. The van der Waals surface area contributed by atoms with Crippen LogP contribution in [0.1, 0.15) is 24.9 Å². The minimum absolute atomic E-state index is 0.123. The van der Waals surface area contributed by atoms with Crippen molar-refractivity contribution in [2.45, 2.75) is 19.4 Å². The number of hydrogen-bond acceptors (Lipinski definition) is 4. The van der Waals surface area contributed by atoms with Gasteiger partial charge in [0.2, 0.25) is 0 Å². The van der Waals surface area contributed by atoms with Gasteiger partial charge in [-0.1, -0.05) is 24.6 Å². The van der Waals surface area contributed by atoms with Gasteiger partial charge in [-0.3, -0.25) is 0 Å². The average molecular weight is 302 g/mol. The van der Waals surface area contributed by atoms with Crippen LogP contribution in [0.4, 0.5) is 0 Å². The number of ether oxygens (including phenoxy) is 3. The highest BCUT2D eigenvalue weighted by Crippen LogP contribution is 2.28. The minimum Gasteiger partial charge on any atom is -0.495 e. The molecule has 0 aliphatic heterocycles. The van der Waals surface area contributed by atoms with Gasteiger partial charge in [-0.2, -0.15) is 0 Å². The van der Waals surface area contributed by atoms with Crippen LogP contribution in [0.5, 0.6) is 5.75 Å². The van der Waals surface area contributed by atoms with Crippen LogP contribution in [0.25, 0.3) is 0 Å². The van der Waals surface area contributed by atoms with Gasteiger partial charge in [-0.05, 0) is 30.7 Å². The van der Waals surface area contributed by atoms with E-state index in [4.69, 9.17) is 25.8 Å². The first-order valence-electron chi connectivity index (χ1n) is 6.86. The summed E-state index contributed by atoms with van der Waals surface area (Å²) in [4.78, 5) is 0. The Labute approximate surface area is 126 Å². The third-order valence-corrected chi connectivity index (χ3v) is 3.25. The van der Waals surface area contributed by atoms with Crippen molar-refractivity contribution in [3.05, 3.63) is 28.8 Å². The highest BCUT2D eigenvalue weighted by Gasteiger charge is 2.13. The molecule has 0 aliphatic rings. The molecule has 0 bridgehead atoms. The Balaban J connectivity index is 2.70. The van der Waals surface area contributed by atoms with Crippen LogP contribution in [0.2, 0.25) is 5.02 Å². The third kappa shape index (κ3) is 5.67. The van der Waals surface area contributed by atoms with Crippen LogP contribution in [0.15, 0.2) is 18.2 Å². The van der Waals surface area contributed by atoms with Crippen molar-refractivity contribution in [1.29, 1.82) is 0 Å². The molecule has 0 saturated carbocycles. The Hall–Kier alpha value is -0.810. The van der Waals surface area contributed by atoms with Gasteiger partial charge < -0.3 is 19.5 Å². The summed E-state index contributed by atoms with van der Waals surface area (Å²) in [5.74, 6) is 0.685. The van der Waals surface area contributed by atoms with Crippen molar-refractivity contribution in [3.63, 3.8) is 0 Å². The molecule has 0 saturated heterocycles. The molecule has 0 spiro atoms. The van der Waals surface area contributed by atoms with E-state index >= 15 is 0 Å². The summed E-state index contributed by atoms with van der Waals surface area (Å²) in [6, 6.07) is 5.93. The predicted molar refractivity (Wildman–Crippen MR) is 81.7 cm³/mol. The lowest BCUT2D eigenvalue weighted by Crippen LogP contribution is -2.27. The van der Waals surface area contributed by atoms with Crippen LogP contribution < -0.4 is 10.1 Å². The summed E-state index contributed by atoms with van der Waals surface area (Å²) in [6.45, 7) is 4.85. The van der Waals surface area contributed by atoms with Gasteiger partial charge in [0.05, 0.1) is 38.0 Å². The third-order valence-electron chi connectivity index (χ3n) is 2.93. The van der Waals surface area contributed by atoms with E-state index in [2.05, 4.69) is 12.2 Å². The van der Waals surface area contributed by atoms with Crippen LogP contribution in [-0.4, -0.2) is 40.6 Å². The molecule has 0 aliphatic carbocycles. The SMILES string of the molecule is CCCNC(COCCOC)c1ccc(Cl)c(OC)c1. The summed E-state index contributed by atoms with van der Waals surface area (Å²) in [5.41, 5.74) is 1.11. The summed E-state index contributed by atoms with van der Waals surface area (Å²) < 4.78 is 15.9. The molecule has 1 atom stereocenters. The molecule has 4 nitrogen and oxygen atoms in total. The maximum Gasteiger partial charge on any atom is 0.137 e. The number of benzene rings is 1. The van der Waals surface area contributed by atoms with E-state index in [1.165, 1.54) is 0 Å². The van der Waals surface area contributed by atoms with E-state index in [9.17, 15) is 0 Å². The van der Waals surface area contributed by atoms with Crippen LogP contribution in [0.3, 0.4) is 0 Å². The Bertz CT molecular complexity index is 387. The average Bonchev–Trinajstić information content (AvgIpc) is 2.47. The van der Waals surface area contributed by atoms with Crippen LogP contribution in [0, 0.1) is 0 Å². The van der Waals surface area contributed by atoms with E-state index in [0.717, 1.165) is 18.5 Å². The lowest BCUT2D eigenvalue weighted by atomic mass is 10.1. The van der Waals surface area contributed by atoms with Crippen LogP contribution >= 0.6 is 11.6 Å². The standard InChI is InChI=1S/C15H24ClNO3/c1-4-7-17-14(11-20-9-8-18-2)12-5-6-13(16)15(10-12)19-3/h5-6,10,14,17H,4,7-9,11H2,1-3H3. The molecular weight excluding hydrogens is 278 g/mol. The van der Waals surface area contributed by atoms with Gasteiger partial charge in [-0.25, -0.2) is 0 Å². The highest BCUT2D eigenvalue weighted by atomic mass is 35.5. The molecule has 0 heterocycles. The predicted octanol–water partition coefficient (Wildman–Crippen LogP) is 3.05. The quantitative estimate of drug-likeness (QED) is 0.674. The summed E-state index contributed by atoms with van der Waals surface area (Å²) in [6.07, 6.45) is 1.07. The first-order valence-corrected chi connectivity index (χ1v) is 7.24. The smallest absolute Gasteiger partial charge is 0.137 e. The molecule has 114 valence electrons. The molecule has 0 fully saturated rings. The van der Waals surface area contributed by atoms with E-state index < -0.39 is 0 Å². The fraction of sp³-hybridized carbons (Fsp3) is 0.600. The normalized spacial score (nSPS) is 12.4. The number of methoxy groups -OCH3 is 2. The van der Waals surface area contributed by atoms with Gasteiger partial charge in [0.1, 0.15) is 5.75 Å². The molecule has 1 aromatic carbocycles. The first-order chi connectivity index (χ1) is 9.72. The Kier molecular flexibility index (Phi) is 8.62. The molecule has 20 heavy (non-hydrogen) atoms. The van der Waals surface area contributed by atoms with Crippen LogP contribution in [-0.2, 0) is 9.47 Å². The second-order valence-electron chi connectivity index (χ2n) is 4.47. The van der Waals surface area contributed by atoms with Crippen molar-refractivity contribution >= 4 is 11.6 Å². The molecule has 0 amide bonds. The number of rotatable bonds is 10. The summed E-state index contributed by atoms with van der Waals surface area (Å²) in [7, 11) is 3.29. The van der Waals surface area contributed by atoms with Gasteiger partial charge in [0.25, 0.3) is 0 Å². The maximum absolute atomic E-state index is 6.06. The van der Waals surface area contributed by atoms with Gasteiger partial charge in [0, 0.05) is 7.11 Å². The zero-order valence-corrected chi connectivity index (χ0v) is 13.2. The largest absolute Gasteiger partial charge is 0.495 e. The number of hydrogen-bond donors (Lipinski definition) is 1. The first kappa shape index (κ1) is 17.2. The molecule has 0 aromatic heterocycles. The Morgan fingerprint density at radius 2 is 2.05 bits per heavy atom. The van der Waals surface area contributed by atoms with E-state index in [-0.39, 0.29) is 6.04 Å². The zero-order chi connectivity index (χ0) is 14.8. The molecule has 1 aromatic rings. The van der Waals surface area contributed by atoms with E-state index in [1.807, 2.05) is 18.2 Å². The summed E-state index contributed by atoms with van der Waals surface area (Å²) >= 11 is 6.06. The lowest BCUT2D eigenvalue weighted by molar-refractivity contribution is 0.0585. The monoisotopic (exact) mass is 301 g/mol. The molecule has 5 heteroatoms. The number of nitrogens with one attached hydrogen (secondary N) is 1. The van der Waals surface area contributed by atoms with Crippen molar-refractivity contribution in [2.75, 3.05) is 40.6 Å². The van der Waals surface area contributed by atoms with Crippen molar-refractivity contribution in [3.8, 4) is 5.75 Å². The van der Waals surface area contributed by atoms with Crippen molar-refractivity contribution in [1.82, 2.24) is 5.32 Å². The lowest BCUT2D eigenvalue weighted by Gasteiger charge is -2.20. The fourth-order valence-electron chi connectivity index (χ4n) is 1.83. The van der Waals surface area contributed by atoms with Gasteiger partial charge >= 0.3 is 0 Å². The summed E-state index contributed by atoms with van der Waals surface area (Å²) in [5, 5.41) is 4.09. The zero-order valence-electron chi connectivity index (χ0n) is 12.4. The molecule has 0 radical (unpaired) electrons. The van der Waals surface area contributed by atoms with E-state index in [1.54, 1.807) is 14.2 Å². The Morgan fingerprint density at radius 3 is 2.70 bits per heavy atom. The molecule has 1 rings (SSSR count). The molecule has 1 N–H and O–H groups in total. The minimum atomic E-state index is 0.123. The molecular formula is C15H24ClNO3. The van der Waals surface area contributed by atoms with Crippen molar-refractivity contribution in [2.24, 2.45) is 0 Å². The second-order valence-corrected chi connectivity index (χ2v) is 4.88. The van der Waals surface area contributed by atoms with E-state index in [0.29, 0.717) is 30.6 Å². The topological polar surface area (TPSA) is 39.7 Å². The van der Waals surface area contributed by atoms with Gasteiger partial charge in [0.15, 0.2) is 0 Å². The maximum atomic E-state index is 6.06. The Morgan fingerprint density at radius 1 is 1.25 bits per heavy atom. The highest BCUT2D eigenvalue weighted by molar-refractivity contribution is 6.32. The van der Waals surface area contributed by atoms with Crippen molar-refractivity contribution < 1.29 is 14.2 Å². The fourth-order valence-corrected chi connectivity index (χ4v) is 2.02. The number of halogens is 1. The van der Waals surface area contributed by atoms with Gasteiger partial charge in [-0.15, -0.1) is 0 Å². The second kappa shape index (κ2) is 10.00.